The number of anilines is 1. The fourth-order valence-corrected chi connectivity index (χ4v) is 5.71. The third-order valence-electron chi connectivity index (χ3n) is 5.88. The second-order valence-electron chi connectivity index (χ2n) is 8.42. The minimum atomic E-state index is -3.90. The number of hydrogen-bond acceptors (Lipinski definition) is 7. The SMILES string of the molecule is COC(=O)c1ccc(N(C)C(=O)CN(C)C(=O)[C@@H]2C[C@@H](S)CN2S(=O)(=O)C=Cc2ccccc2)cc1. The number of sulfonamides is 1. The van der Waals surface area contributed by atoms with Crippen molar-refractivity contribution < 1.29 is 27.5 Å². The third kappa shape index (κ3) is 6.54. The predicted molar refractivity (Wildman–Crippen MR) is 141 cm³/mol. The van der Waals surface area contributed by atoms with E-state index in [0.29, 0.717) is 11.3 Å². The zero-order chi connectivity index (χ0) is 26.5. The van der Waals surface area contributed by atoms with E-state index in [1.54, 1.807) is 43.4 Å². The number of carbonyl (C=O) groups is 3. The van der Waals surface area contributed by atoms with Gasteiger partial charge in [-0.1, -0.05) is 30.3 Å². The van der Waals surface area contributed by atoms with Gasteiger partial charge in [0, 0.05) is 37.0 Å². The van der Waals surface area contributed by atoms with Crippen LogP contribution in [0.5, 0.6) is 0 Å². The average Bonchev–Trinajstić information content (AvgIpc) is 3.29. The third-order valence-corrected chi connectivity index (χ3v) is 7.79. The van der Waals surface area contributed by atoms with Crippen LogP contribution < -0.4 is 4.90 Å². The van der Waals surface area contributed by atoms with Gasteiger partial charge in [-0.25, -0.2) is 13.2 Å². The Kier molecular flexibility index (Phi) is 8.93. The molecule has 11 heteroatoms. The van der Waals surface area contributed by atoms with Crippen molar-refractivity contribution in [3.8, 4) is 0 Å². The van der Waals surface area contributed by atoms with Gasteiger partial charge in [-0.2, -0.15) is 16.9 Å². The molecular weight excluding hydrogens is 502 g/mol. The Balaban J connectivity index is 1.68. The minimum absolute atomic E-state index is 0.0925. The molecule has 36 heavy (non-hydrogen) atoms. The topological polar surface area (TPSA) is 104 Å². The molecule has 192 valence electrons. The van der Waals surface area contributed by atoms with Gasteiger partial charge in [0.25, 0.3) is 0 Å². The van der Waals surface area contributed by atoms with E-state index in [-0.39, 0.29) is 30.7 Å². The number of nitrogens with zero attached hydrogens (tertiary/aromatic N) is 3. The van der Waals surface area contributed by atoms with Crippen LogP contribution in [-0.2, 0) is 24.3 Å². The molecule has 0 aromatic heterocycles. The average molecular weight is 532 g/mol. The summed E-state index contributed by atoms with van der Waals surface area (Å²) in [4.78, 5) is 40.2. The van der Waals surface area contributed by atoms with E-state index in [2.05, 4.69) is 17.4 Å². The Bertz CT molecular complexity index is 1230. The van der Waals surface area contributed by atoms with Crippen molar-refractivity contribution in [2.75, 3.05) is 39.2 Å². The molecule has 2 atom stereocenters. The molecule has 9 nitrogen and oxygen atoms in total. The predicted octanol–water partition coefficient (Wildman–Crippen LogP) is 2.27. The van der Waals surface area contributed by atoms with Gasteiger partial charge < -0.3 is 14.5 Å². The van der Waals surface area contributed by atoms with Gasteiger partial charge in [0.15, 0.2) is 0 Å². The van der Waals surface area contributed by atoms with Crippen LogP contribution in [0.3, 0.4) is 0 Å². The number of hydrogen-bond donors (Lipinski definition) is 1. The monoisotopic (exact) mass is 531 g/mol. The van der Waals surface area contributed by atoms with Crippen LogP contribution in [-0.4, -0.2) is 81.0 Å². The molecule has 0 unspecified atom stereocenters. The second kappa shape index (κ2) is 11.7. The lowest BCUT2D eigenvalue weighted by Crippen LogP contribution is -2.48. The molecule has 1 aliphatic rings. The summed E-state index contributed by atoms with van der Waals surface area (Å²) in [5.41, 5.74) is 1.59. The lowest BCUT2D eigenvalue weighted by molar-refractivity contribution is -0.136. The summed E-state index contributed by atoms with van der Waals surface area (Å²) < 4.78 is 31.9. The Morgan fingerprint density at radius 1 is 1.08 bits per heavy atom. The summed E-state index contributed by atoms with van der Waals surface area (Å²) in [7, 11) is 0.403. The van der Waals surface area contributed by atoms with E-state index in [0.717, 1.165) is 15.3 Å². The molecule has 3 rings (SSSR count). The number of carbonyl (C=O) groups excluding carboxylic acids is 3. The standard InChI is InChI=1S/C25H29N3O6S2/c1-26(17-23(29)27(2)20-11-9-19(10-12-20)25(31)34-3)24(30)22-15-21(35)16-28(22)36(32,33)14-13-18-7-5-4-6-8-18/h4-14,21-22,35H,15-17H2,1-3H3/t21-,22+/m1/s1. The smallest absolute Gasteiger partial charge is 0.337 e. The van der Waals surface area contributed by atoms with Gasteiger partial charge in [0.1, 0.15) is 6.04 Å². The highest BCUT2D eigenvalue weighted by molar-refractivity contribution is 7.92. The first-order chi connectivity index (χ1) is 17.0. The van der Waals surface area contributed by atoms with Gasteiger partial charge in [0.2, 0.25) is 21.8 Å². The number of ether oxygens (including phenoxy) is 1. The van der Waals surface area contributed by atoms with Crippen molar-refractivity contribution in [3.63, 3.8) is 0 Å². The van der Waals surface area contributed by atoms with E-state index in [9.17, 15) is 22.8 Å². The van der Waals surface area contributed by atoms with E-state index in [4.69, 9.17) is 0 Å². The quantitative estimate of drug-likeness (QED) is 0.414. The number of benzene rings is 2. The maximum Gasteiger partial charge on any atom is 0.337 e. The minimum Gasteiger partial charge on any atom is -0.465 e. The zero-order valence-corrected chi connectivity index (χ0v) is 22.0. The van der Waals surface area contributed by atoms with Crippen LogP contribution >= 0.6 is 12.6 Å². The van der Waals surface area contributed by atoms with Crippen molar-refractivity contribution in [2.24, 2.45) is 0 Å². The Morgan fingerprint density at radius 3 is 2.33 bits per heavy atom. The Labute approximate surface area is 216 Å². The largest absolute Gasteiger partial charge is 0.465 e. The number of esters is 1. The maximum absolute atomic E-state index is 13.2. The van der Waals surface area contributed by atoms with Gasteiger partial charge in [-0.05, 0) is 42.3 Å². The fourth-order valence-electron chi connectivity index (χ4n) is 3.82. The number of amides is 2. The number of methoxy groups -OCH3 is 1. The molecule has 0 spiro atoms. The number of rotatable bonds is 8. The molecular formula is C25H29N3O6S2. The van der Waals surface area contributed by atoms with Crippen LogP contribution in [0, 0.1) is 0 Å². The normalized spacial score (nSPS) is 18.2. The zero-order valence-electron chi connectivity index (χ0n) is 20.3. The van der Waals surface area contributed by atoms with Crippen LogP contribution in [0.2, 0.25) is 0 Å². The molecule has 0 N–H and O–H groups in total. The molecule has 1 fully saturated rings. The summed E-state index contributed by atoms with van der Waals surface area (Å²) in [6.45, 7) is -0.162. The van der Waals surface area contributed by atoms with Gasteiger partial charge >= 0.3 is 5.97 Å². The molecule has 2 amide bonds. The van der Waals surface area contributed by atoms with Crippen molar-refractivity contribution in [3.05, 3.63) is 71.1 Å². The molecule has 0 radical (unpaired) electrons. The van der Waals surface area contributed by atoms with Gasteiger partial charge in [0.05, 0.1) is 19.2 Å². The summed E-state index contributed by atoms with van der Waals surface area (Å²) in [6.07, 6.45) is 1.72. The van der Waals surface area contributed by atoms with Crippen LogP contribution in [0.25, 0.3) is 6.08 Å². The van der Waals surface area contributed by atoms with Crippen LogP contribution in [0.4, 0.5) is 5.69 Å². The van der Waals surface area contributed by atoms with Crippen LogP contribution in [0.1, 0.15) is 22.3 Å². The fraction of sp³-hybridized carbons (Fsp3) is 0.320. The Morgan fingerprint density at radius 2 is 1.72 bits per heavy atom. The summed E-state index contributed by atoms with van der Waals surface area (Å²) >= 11 is 4.41. The van der Waals surface area contributed by atoms with E-state index in [1.807, 2.05) is 6.07 Å². The highest BCUT2D eigenvalue weighted by atomic mass is 32.2. The van der Waals surface area contributed by atoms with Gasteiger partial charge in [-0.3, -0.25) is 9.59 Å². The van der Waals surface area contributed by atoms with Gasteiger partial charge in [-0.15, -0.1) is 0 Å². The lowest BCUT2D eigenvalue weighted by Gasteiger charge is -2.27. The lowest BCUT2D eigenvalue weighted by atomic mass is 10.2. The highest BCUT2D eigenvalue weighted by Crippen LogP contribution is 2.27. The van der Waals surface area contributed by atoms with E-state index >= 15 is 0 Å². The summed E-state index contributed by atoms with van der Waals surface area (Å²) in [6, 6.07) is 14.3. The van der Waals surface area contributed by atoms with Crippen molar-refractivity contribution in [2.45, 2.75) is 17.7 Å². The molecule has 0 bridgehead atoms. The van der Waals surface area contributed by atoms with Crippen LogP contribution in [0.15, 0.2) is 60.0 Å². The first kappa shape index (κ1) is 27.4. The summed E-state index contributed by atoms with van der Waals surface area (Å²) in [5, 5.41) is 0.782. The molecule has 0 aliphatic carbocycles. The molecule has 0 saturated carbocycles. The molecule has 2 aromatic rings. The maximum atomic E-state index is 13.2. The number of thiol groups is 1. The molecule has 1 heterocycles. The molecule has 1 aliphatic heterocycles. The first-order valence-electron chi connectivity index (χ1n) is 11.2. The molecule has 2 aromatic carbocycles. The highest BCUT2D eigenvalue weighted by Gasteiger charge is 2.42. The van der Waals surface area contributed by atoms with Crippen molar-refractivity contribution in [1.82, 2.24) is 9.21 Å². The van der Waals surface area contributed by atoms with Crippen molar-refractivity contribution in [1.29, 1.82) is 0 Å². The molecule has 1 saturated heterocycles. The van der Waals surface area contributed by atoms with E-state index in [1.165, 1.54) is 42.2 Å². The first-order valence-corrected chi connectivity index (χ1v) is 13.2. The Hall–Kier alpha value is -3.15. The second-order valence-corrected chi connectivity index (χ2v) is 10.9. The number of likely N-dealkylation sites (N-methyl/N-ethyl adjacent to an activating group) is 2. The van der Waals surface area contributed by atoms with E-state index < -0.39 is 27.9 Å². The van der Waals surface area contributed by atoms with Crippen molar-refractivity contribution >= 4 is 52.2 Å². The summed E-state index contributed by atoms with van der Waals surface area (Å²) in [5.74, 6) is -1.35.